The lowest BCUT2D eigenvalue weighted by Crippen LogP contribution is -2.61. The number of esters is 1. The zero-order valence-electron chi connectivity index (χ0n) is 27.3. The molecule has 2 amide bonds. The number of likely N-dealkylation sites (tertiary alicyclic amines) is 1. The van der Waals surface area contributed by atoms with Crippen molar-refractivity contribution in [1.82, 2.24) is 25.0 Å². The number of hydrogen-bond acceptors (Lipinski definition) is 8. The highest BCUT2D eigenvalue weighted by atomic mass is 16.5. The molecule has 5 aromatic rings. The summed E-state index contributed by atoms with van der Waals surface area (Å²) in [5.74, 6) is 0.0638. The molecular formula is C37H40N6O5. The van der Waals surface area contributed by atoms with E-state index in [1.54, 1.807) is 37.4 Å². The van der Waals surface area contributed by atoms with Crippen molar-refractivity contribution in [3.63, 3.8) is 0 Å². The van der Waals surface area contributed by atoms with E-state index in [-0.39, 0.29) is 24.2 Å². The minimum atomic E-state index is -1.12. The Bertz CT molecular complexity index is 1970. The first kappa shape index (κ1) is 31.6. The molecule has 0 radical (unpaired) electrons. The molecule has 1 saturated carbocycles. The van der Waals surface area contributed by atoms with Gasteiger partial charge in [0.05, 0.1) is 17.8 Å². The van der Waals surface area contributed by atoms with Gasteiger partial charge in [-0.1, -0.05) is 31.4 Å². The van der Waals surface area contributed by atoms with Crippen molar-refractivity contribution < 1.29 is 23.5 Å². The average molecular weight is 649 g/mol. The minimum absolute atomic E-state index is 0.0991. The summed E-state index contributed by atoms with van der Waals surface area (Å²) in [4.78, 5) is 46.9. The van der Waals surface area contributed by atoms with E-state index in [9.17, 15) is 14.4 Å². The predicted octanol–water partition coefficient (Wildman–Crippen LogP) is 6.22. The molecule has 1 aliphatic heterocycles. The molecule has 2 fully saturated rings. The number of carbonyl (C=O) groups is 3. The Labute approximate surface area is 278 Å². The Hall–Kier alpha value is -5.03. The number of nitrogens with one attached hydrogen (secondary N) is 2. The smallest absolute Gasteiger partial charge is 0.374 e. The SMILES string of the molecule is CCOC(=O)c1cc2cc(NC(=O)C3(NC(=O)c4ccc5c(C6CCCCC6)n(-c6ccccn6)nc5c4)CCN(C)CC3)ccc2o1. The van der Waals surface area contributed by atoms with Gasteiger partial charge in [-0.15, -0.1) is 0 Å². The van der Waals surface area contributed by atoms with Crippen LogP contribution in [0.1, 0.15) is 84.4 Å². The van der Waals surface area contributed by atoms with Gasteiger partial charge < -0.3 is 24.7 Å². The van der Waals surface area contributed by atoms with Crippen LogP contribution in [0, 0.1) is 0 Å². The molecule has 1 saturated heterocycles. The first-order valence-electron chi connectivity index (χ1n) is 16.8. The van der Waals surface area contributed by atoms with Crippen LogP contribution in [0.25, 0.3) is 27.7 Å². The number of rotatable bonds is 8. The number of anilines is 1. The van der Waals surface area contributed by atoms with Crippen LogP contribution in [0.2, 0.25) is 0 Å². The van der Waals surface area contributed by atoms with Gasteiger partial charge in [-0.2, -0.15) is 5.10 Å². The van der Waals surface area contributed by atoms with Gasteiger partial charge in [-0.25, -0.2) is 14.5 Å². The molecule has 3 aromatic heterocycles. The van der Waals surface area contributed by atoms with E-state index in [0.717, 1.165) is 35.3 Å². The van der Waals surface area contributed by atoms with E-state index in [2.05, 4.69) is 20.5 Å². The largest absolute Gasteiger partial charge is 0.460 e. The molecule has 7 rings (SSSR count). The van der Waals surface area contributed by atoms with Crippen LogP contribution in [-0.4, -0.2) is 69.7 Å². The van der Waals surface area contributed by atoms with Crippen LogP contribution in [0.15, 0.2) is 71.3 Å². The molecular weight excluding hydrogens is 608 g/mol. The molecule has 2 N–H and O–H groups in total. The van der Waals surface area contributed by atoms with Crippen LogP contribution in [0.3, 0.4) is 0 Å². The van der Waals surface area contributed by atoms with Gasteiger partial charge in [0.1, 0.15) is 11.1 Å². The molecule has 0 bridgehead atoms. The number of furan rings is 1. The lowest BCUT2D eigenvalue weighted by atomic mass is 9.85. The highest BCUT2D eigenvalue weighted by Gasteiger charge is 2.42. The number of piperidine rings is 1. The summed E-state index contributed by atoms with van der Waals surface area (Å²) in [6, 6.07) is 18.2. The van der Waals surface area contributed by atoms with Crippen molar-refractivity contribution in [3.8, 4) is 5.82 Å². The molecule has 0 spiro atoms. The molecule has 48 heavy (non-hydrogen) atoms. The Morgan fingerprint density at radius 1 is 1.00 bits per heavy atom. The summed E-state index contributed by atoms with van der Waals surface area (Å²) in [7, 11) is 2.01. The second kappa shape index (κ2) is 13.2. The Morgan fingerprint density at radius 2 is 1.81 bits per heavy atom. The quantitative estimate of drug-likeness (QED) is 0.190. The lowest BCUT2D eigenvalue weighted by Gasteiger charge is -2.40. The van der Waals surface area contributed by atoms with Gasteiger partial charge in [0, 0.05) is 47.2 Å². The summed E-state index contributed by atoms with van der Waals surface area (Å²) >= 11 is 0. The summed E-state index contributed by atoms with van der Waals surface area (Å²) < 4.78 is 12.6. The number of benzene rings is 2. The fraction of sp³-hybridized carbons (Fsp3) is 0.378. The Kier molecular flexibility index (Phi) is 8.70. The van der Waals surface area contributed by atoms with Crippen LogP contribution in [0.4, 0.5) is 5.69 Å². The van der Waals surface area contributed by atoms with Crippen molar-refractivity contribution in [3.05, 3.63) is 83.9 Å². The number of amides is 2. The molecule has 248 valence electrons. The maximum atomic E-state index is 14.0. The fourth-order valence-electron chi connectivity index (χ4n) is 7.04. The monoisotopic (exact) mass is 648 g/mol. The summed E-state index contributed by atoms with van der Waals surface area (Å²) in [6.45, 7) is 3.27. The number of carbonyl (C=O) groups excluding carboxylic acids is 3. The molecule has 11 nitrogen and oxygen atoms in total. The number of hydrogen-bond donors (Lipinski definition) is 2. The molecule has 2 aromatic carbocycles. The van der Waals surface area contributed by atoms with Crippen LogP contribution < -0.4 is 10.6 Å². The second-order valence-electron chi connectivity index (χ2n) is 12.9. The maximum absolute atomic E-state index is 14.0. The van der Waals surface area contributed by atoms with Crippen molar-refractivity contribution in [1.29, 1.82) is 0 Å². The zero-order chi connectivity index (χ0) is 33.3. The first-order chi connectivity index (χ1) is 23.3. The third kappa shape index (κ3) is 6.17. The van der Waals surface area contributed by atoms with Crippen molar-refractivity contribution in [2.24, 2.45) is 0 Å². The highest BCUT2D eigenvalue weighted by Crippen LogP contribution is 2.38. The highest BCUT2D eigenvalue weighted by molar-refractivity contribution is 6.05. The summed E-state index contributed by atoms with van der Waals surface area (Å²) in [6.07, 6.45) is 8.48. The third-order valence-corrected chi connectivity index (χ3v) is 9.71. The second-order valence-corrected chi connectivity index (χ2v) is 12.9. The van der Waals surface area contributed by atoms with Gasteiger partial charge in [-0.3, -0.25) is 9.59 Å². The van der Waals surface area contributed by atoms with E-state index in [4.69, 9.17) is 14.3 Å². The van der Waals surface area contributed by atoms with Gasteiger partial charge in [0.2, 0.25) is 11.7 Å². The van der Waals surface area contributed by atoms with E-state index in [1.807, 2.05) is 48.1 Å². The van der Waals surface area contributed by atoms with Crippen molar-refractivity contribution in [2.75, 3.05) is 32.1 Å². The van der Waals surface area contributed by atoms with E-state index >= 15 is 0 Å². The van der Waals surface area contributed by atoms with Crippen molar-refractivity contribution >= 4 is 45.3 Å². The molecule has 1 aliphatic carbocycles. The Balaban J connectivity index is 1.16. The van der Waals surface area contributed by atoms with E-state index in [0.29, 0.717) is 54.1 Å². The number of fused-ring (bicyclic) bond motifs is 2. The fourth-order valence-corrected chi connectivity index (χ4v) is 7.04. The van der Waals surface area contributed by atoms with Crippen LogP contribution >= 0.6 is 0 Å². The zero-order valence-corrected chi connectivity index (χ0v) is 27.3. The Morgan fingerprint density at radius 3 is 2.56 bits per heavy atom. The number of pyridine rings is 1. The first-order valence-corrected chi connectivity index (χ1v) is 16.8. The van der Waals surface area contributed by atoms with Gasteiger partial charge in [-0.05, 0) is 88.2 Å². The standard InChI is InChI=1S/C37H40N6O5/c1-3-47-35(45)31-23-26-21-27(13-15-30(26)48-31)39-36(46)37(16-19-42(2)20-17-37)40-34(44)25-12-14-28-29(22-25)41-43(32-11-7-8-18-38-32)33(28)24-9-5-4-6-10-24/h7-8,11-15,18,21-24H,3-6,9-10,16-17,19-20H2,1-2H3,(H,39,46)(H,40,44). The number of ether oxygens (including phenoxy) is 1. The maximum Gasteiger partial charge on any atom is 0.374 e. The molecule has 4 heterocycles. The number of aromatic nitrogens is 3. The topological polar surface area (TPSA) is 132 Å². The molecule has 0 atom stereocenters. The average Bonchev–Trinajstić information content (AvgIpc) is 3.72. The van der Waals surface area contributed by atoms with Crippen molar-refractivity contribution in [2.45, 2.75) is 63.3 Å². The third-order valence-electron chi connectivity index (χ3n) is 9.71. The summed E-state index contributed by atoms with van der Waals surface area (Å²) in [5.41, 5.74) is 2.23. The van der Waals surface area contributed by atoms with E-state index in [1.165, 1.54) is 19.3 Å². The minimum Gasteiger partial charge on any atom is -0.460 e. The van der Waals surface area contributed by atoms with Gasteiger partial charge >= 0.3 is 5.97 Å². The molecule has 0 unspecified atom stereocenters. The molecule has 2 aliphatic rings. The normalized spacial score (nSPS) is 17.0. The van der Waals surface area contributed by atoms with Gasteiger partial charge in [0.25, 0.3) is 5.91 Å². The van der Waals surface area contributed by atoms with E-state index < -0.39 is 11.5 Å². The van der Waals surface area contributed by atoms with Crippen LogP contribution in [-0.2, 0) is 9.53 Å². The predicted molar refractivity (Wildman–Crippen MR) is 182 cm³/mol. The van der Waals surface area contributed by atoms with Crippen LogP contribution in [0.5, 0.6) is 0 Å². The van der Waals surface area contributed by atoms with Gasteiger partial charge in [0.15, 0.2) is 5.82 Å². The molecule has 11 heteroatoms. The summed E-state index contributed by atoms with van der Waals surface area (Å²) in [5, 5.41) is 12.8. The lowest BCUT2D eigenvalue weighted by molar-refractivity contribution is -0.123. The number of nitrogens with zero attached hydrogens (tertiary/aromatic N) is 4.